The number of nitrogens with zero attached hydrogens (tertiary/aromatic N) is 2. The van der Waals surface area contributed by atoms with E-state index in [0.29, 0.717) is 6.54 Å². The summed E-state index contributed by atoms with van der Waals surface area (Å²) >= 11 is 6.12. The Morgan fingerprint density at radius 3 is 2.52 bits per heavy atom. The Labute approximate surface area is 144 Å². The number of hydrogen-bond donors (Lipinski definition) is 1. The molecule has 0 saturated carbocycles. The molecule has 0 spiro atoms. The van der Waals surface area contributed by atoms with Gasteiger partial charge in [-0.1, -0.05) is 24.6 Å². The van der Waals surface area contributed by atoms with Crippen LogP contribution in [0.1, 0.15) is 32.8 Å². The van der Waals surface area contributed by atoms with Crippen molar-refractivity contribution in [2.75, 3.05) is 37.6 Å². The molecule has 1 aromatic rings. The third kappa shape index (κ3) is 5.11. The van der Waals surface area contributed by atoms with Gasteiger partial charge in [-0.2, -0.15) is 0 Å². The fourth-order valence-corrected chi connectivity index (χ4v) is 2.94. The highest BCUT2D eigenvalue weighted by atomic mass is 35.5. The molecule has 128 valence electrons. The molecule has 1 amide bonds. The quantitative estimate of drug-likeness (QED) is 0.897. The van der Waals surface area contributed by atoms with Gasteiger partial charge in [-0.25, -0.2) is 0 Å². The number of anilines is 1. The Balaban J connectivity index is 1.86. The molecule has 1 heterocycles. The molecule has 0 atom stereocenters. The molecule has 1 saturated heterocycles. The predicted octanol–water partition coefficient (Wildman–Crippen LogP) is 3.08. The highest BCUT2D eigenvalue weighted by Crippen LogP contribution is 2.25. The van der Waals surface area contributed by atoms with Gasteiger partial charge in [0.1, 0.15) is 0 Å². The van der Waals surface area contributed by atoms with E-state index in [1.165, 1.54) is 11.3 Å². The fraction of sp³-hybridized carbons (Fsp3) is 0.611. The minimum Gasteiger partial charge on any atom is -0.369 e. The lowest BCUT2D eigenvalue weighted by atomic mass is 10.0. The van der Waals surface area contributed by atoms with Crippen molar-refractivity contribution in [1.29, 1.82) is 0 Å². The SMILES string of the molecule is CCC(C)(C)NC(=O)CN1CCN(c2cc(Cl)ccc2C)CC1. The molecule has 1 N–H and O–H groups in total. The van der Waals surface area contributed by atoms with Crippen LogP contribution in [0.3, 0.4) is 0 Å². The normalized spacial score (nSPS) is 16.5. The minimum absolute atomic E-state index is 0.115. The van der Waals surface area contributed by atoms with Crippen LogP contribution in [0.2, 0.25) is 5.02 Å². The summed E-state index contributed by atoms with van der Waals surface area (Å²) in [6, 6.07) is 6.02. The van der Waals surface area contributed by atoms with Gasteiger partial charge in [0.25, 0.3) is 0 Å². The number of halogens is 1. The summed E-state index contributed by atoms with van der Waals surface area (Å²) in [4.78, 5) is 16.7. The van der Waals surface area contributed by atoms with Gasteiger partial charge in [-0.15, -0.1) is 0 Å². The molecule has 2 rings (SSSR count). The fourth-order valence-electron chi connectivity index (χ4n) is 2.78. The zero-order valence-corrected chi connectivity index (χ0v) is 15.4. The topological polar surface area (TPSA) is 35.6 Å². The van der Waals surface area contributed by atoms with Gasteiger partial charge in [-0.3, -0.25) is 9.69 Å². The number of carbonyl (C=O) groups excluding carboxylic acids is 1. The Kier molecular flexibility index (Phi) is 5.93. The van der Waals surface area contributed by atoms with E-state index in [1.807, 2.05) is 12.1 Å². The van der Waals surface area contributed by atoms with E-state index < -0.39 is 0 Å². The maximum atomic E-state index is 12.2. The first-order valence-corrected chi connectivity index (χ1v) is 8.73. The lowest BCUT2D eigenvalue weighted by Gasteiger charge is -2.37. The molecular formula is C18H28ClN3O. The second kappa shape index (κ2) is 7.54. The largest absolute Gasteiger partial charge is 0.369 e. The summed E-state index contributed by atoms with van der Waals surface area (Å²) in [7, 11) is 0. The molecule has 1 aliphatic heterocycles. The van der Waals surface area contributed by atoms with Crippen molar-refractivity contribution < 1.29 is 4.79 Å². The van der Waals surface area contributed by atoms with Crippen molar-refractivity contribution in [3.63, 3.8) is 0 Å². The number of amides is 1. The first-order valence-electron chi connectivity index (χ1n) is 8.35. The molecule has 0 aliphatic carbocycles. The van der Waals surface area contributed by atoms with Crippen molar-refractivity contribution in [1.82, 2.24) is 10.2 Å². The van der Waals surface area contributed by atoms with Crippen LogP contribution < -0.4 is 10.2 Å². The second-order valence-corrected chi connectivity index (χ2v) is 7.42. The number of piperazine rings is 1. The molecule has 0 radical (unpaired) electrons. The number of nitrogens with one attached hydrogen (secondary N) is 1. The predicted molar refractivity (Wildman–Crippen MR) is 97.4 cm³/mol. The monoisotopic (exact) mass is 337 g/mol. The third-order valence-corrected chi connectivity index (χ3v) is 4.85. The van der Waals surface area contributed by atoms with Gasteiger partial charge in [0.15, 0.2) is 0 Å². The standard InChI is InChI=1S/C18H28ClN3O/c1-5-18(3,4)20-17(23)13-21-8-10-22(11-9-21)16-12-15(19)7-6-14(16)2/h6-7,12H,5,8-11,13H2,1-4H3,(H,20,23). The van der Waals surface area contributed by atoms with Crippen LogP contribution in [0.15, 0.2) is 18.2 Å². The summed E-state index contributed by atoms with van der Waals surface area (Å²) < 4.78 is 0. The van der Waals surface area contributed by atoms with Crippen molar-refractivity contribution >= 4 is 23.2 Å². The lowest BCUT2D eigenvalue weighted by molar-refractivity contribution is -0.123. The second-order valence-electron chi connectivity index (χ2n) is 6.98. The van der Waals surface area contributed by atoms with Crippen LogP contribution in [0.25, 0.3) is 0 Å². The maximum absolute atomic E-state index is 12.2. The molecule has 0 bridgehead atoms. The summed E-state index contributed by atoms with van der Waals surface area (Å²) in [5, 5.41) is 3.87. The van der Waals surface area contributed by atoms with Crippen LogP contribution in [0.5, 0.6) is 0 Å². The molecule has 1 aliphatic rings. The first-order chi connectivity index (χ1) is 10.8. The third-order valence-electron chi connectivity index (χ3n) is 4.61. The van der Waals surface area contributed by atoms with E-state index in [2.05, 4.69) is 48.9 Å². The van der Waals surface area contributed by atoms with Crippen LogP contribution in [0.4, 0.5) is 5.69 Å². The van der Waals surface area contributed by atoms with Crippen LogP contribution >= 0.6 is 11.6 Å². The average Bonchev–Trinajstić information content (AvgIpc) is 2.50. The van der Waals surface area contributed by atoms with Gasteiger partial charge in [0.2, 0.25) is 5.91 Å². The maximum Gasteiger partial charge on any atom is 0.234 e. The Morgan fingerprint density at radius 2 is 1.91 bits per heavy atom. The number of hydrogen-bond acceptors (Lipinski definition) is 3. The Bertz CT molecular complexity index is 551. The highest BCUT2D eigenvalue weighted by molar-refractivity contribution is 6.30. The van der Waals surface area contributed by atoms with Gasteiger partial charge >= 0.3 is 0 Å². The van der Waals surface area contributed by atoms with Crippen molar-refractivity contribution in [3.8, 4) is 0 Å². The smallest absolute Gasteiger partial charge is 0.234 e. The van der Waals surface area contributed by atoms with E-state index in [1.54, 1.807) is 0 Å². The lowest BCUT2D eigenvalue weighted by Crippen LogP contribution is -2.52. The summed E-state index contributed by atoms with van der Waals surface area (Å²) in [6.07, 6.45) is 0.931. The van der Waals surface area contributed by atoms with Crippen LogP contribution in [-0.2, 0) is 4.79 Å². The van der Waals surface area contributed by atoms with Crippen molar-refractivity contribution in [2.24, 2.45) is 0 Å². The van der Waals surface area contributed by atoms with E-state index in [4.69, 9.17) is 11.6 Å². The average molecular weight is 338 g/mol. The summed E-state index contributed by atoms with van der Waals surface area (Å²) in [5.41, 5.74) is 2.32. The number of benzene rings is 1. The molecule has 0 aromatic heterocycles. The molecule has 1 aromatic carbocycles. The zero-order valence-electron chi connectivity index (χ0n) is 14.7. The van der Waals surface area contributed by atoms with E-state index in [0.717, 1.165) is 37.6 Å². The van der Waals surface area contributed by atoms with E-state index in [9.17, 15) is 4.79 Å². The molecule has 23 heavy (non-hydrogen) atoms. The van der Waals surface area contributed by atoms with E-state index in [-0.39, 0.29) is 11.4 Å². The van der Waals surface area contributed by atoms with E-state index >= 15 is 0 Å². The molecule has 1 fully saturated rings. The van der Waals surface area contributed by atoms with Crippen molar-refractivity contribution in [3.05, 3.63) is 28.8 Å². The molecule has 0 unspecified atom stereocenters. The number of aryl methyl sites for hydroxylation is 1. The summed E-state index contributed by atoms with van der Waals surface area (Å²) in [5.74, 6) is 0.115. The minimum atomic E-state index is -0.128. The number of carbonyl (C=O) groups is 1. The molecule has 4 nitrogen and oxygen atoms in total. The molecular weight excluding hydrogens is 310 g/mol. The number of rotatable bonds is 5. The molecule has 5 heteroatoms. The van der Waals surface area contributed by atoms with Gasteiger partial charge in [0.05, 0.1) is 6.54 Å². The zero-order chi connectivity index (χ0) is 17.0. The Morgan fingerprint density at radius 1 is 1.26 bits per heavy atom. The van der Waals surface area contributed by atoms with Crippen molar-refractivity contribution in [2.45, 2.75) is 39.7 Å². The summed E-state index contributed by atoms with van der Waals surface area (Å²) in [6.45, 7) is 12.4. The van der Waals surface area contributed by atoms with Crippen LogP contribution in [0, 0.1) is 6.92 Å². The van der Waals surface area contributed by atoms with Gasteiger partial charge in [-0.05, 0) is 44.9 Å². The Hall–Kier alpha value is -1.26. The van der Waals surface area contributed by atoms with Gasteiger partial charge in [0, 0.05) is 42.4 Å². The highest BCUT2D eigenvalue weighted by Gasteiger charge is 2.23. The van der Waals surface area contributed by atoms with Gasteiger partial charge < -0.3 is 10.2 Å². The van der Waals surface area contributed by atoms with Crippen LogP contribution in [-0.4, -0.2) is 49.1 Å². The first kappa shape index (κ1) is 18.1.